The molecule has 0 N–H and O–H groups in total. The summed E-state index contributed by atoms with van der Waals surface area (Å²) in [5.41, 5.74) is 3.66. The Labute approximate surface area is 121 Å². The Morgan fingerprint density at radius 2 is 2.00 bits per heavy atom. The molecule has 0 radical (unpaired) electrons. The van der Waals surface area contributed by atoms with Gasteiger partial charge in [0, 0.05) is 20.9 Å². The van der Waals surface area contributed by atoms with Crippen LogP contribution >= 0.6 is 0 Å². The highest BCUT2D eigenvalue weighted by molar-refractivity contribution is 5.78. The van der Waals surface area contributed by atoms with Gasteiger partial charge in [-0.3, -0.25) is 4.79 Å². The van der Waals surface area contributed by atoms with E-state index in [4.69, 9.17) is 4.74 Å². The number of amides is 1. The van der Waals surface area contributed by atoms with Crippen molar-refractivity contribution >= 4 is 11.5 Å². The number of ether oxygens (including phenoxy) is 1. The summed E-state index contributed by atoms with van der Waals surface area (Å²) in [4.78, 5) is 14.1. The first-order valence-corrected chi connectivity index (χ1v) is 7.42. The minimum Gasteiger partial charge on any atom is -0.497 e. The van der Waals surface area contributed by atoms with E-state index in [1.807, 2.05) is 11.2 Å². The third-order valence-electron chi connectivity index (χ3n) is 4.13. The highest BCUT2D eigenvalue weighted by Crippen LogP contribution is 2.29. The smallest absolute Gasteiger partial charge is 0.226 e. The molecule has 0 saturated carbocycles. The molecule has 2 heterocycles. The van der Waals surface area contributed by atoms with Crippen LogP contribution in [0.15, 0.2) is 30.5 Å². The highest BCUT2D eigenvalue weighted by Gasteiger charge is 2.26. The van der Waals surface area contributed by atoms with E-state index in [9.17, 15) is 4.79 Å². The molecule has 0 aliphatic carbocycles. The minimum atomic E-state index is 0. The monoisotopic (exact) mass is 273 g/mol. The Morgan fingerprint density at radius 3 is 2.70 bits per heavy atom. The fraction of sp³-hybridized carbons (Fsp3) is 0.471. The van der Waals surface area contributed by atoms with Crippen molar-refractivity contribution in [3.05, 3.63) is 41.7 Å². The van der Waals surface area contributed by atoms with Crippen LogP contribution in [-0.2, 0) is 9.53 Å². The molecule has 0 aromatic heterocycles. The largest absolute Gasteiger partial charge is 0.497 e. The van der Waals surface area contributed by atoms with Gasteiger partial charge >= 0.3 is 0 Å². The molecule has 1 aromatic carbocycles. The Morgan fingerprint density at radius 1 is 1.30 bits per heavy atom. The van der Waals surface area contributed by atoms with Crippen LogP contribution in [0.4, 0.5) is 0 Å². The maximum absolute atomic E-state index is 12.1. The Bertz CT molecular complexity index is 518. The molecule has 2 aliphatic heterocycles. The average Bonchev–Trinajstić information content (AvgIpc) is 3.10. The molecule has 1 aromatic rings. The standard InChI is InChI=1S/C17H21NO2.H2/c1-13-4-6-14(7-5-13)15-10-16(20-12-15)11-17(19)18-8-2-3-9-18;/h4-7,12,16H,2-3,8-11H2,1H3;1H. The van der Waals surface area contributed by atoms with Gasteiger partial charge in [0.15, 0.2) is 0 Å². The highest BCUT2D eigenvalue weighted by atomic mass is 16.5. The summed E-state index contributed by atoms with van der Waals surface area (Å²) in [6.45, 7) is 3.93. The van der Waals surface area contributed by atoms with Crippen molar-refractivity contribution in [2.45, 2.75) is 38.7 Å². The first kappa shape index (κ1) is 13.2. The van der Waals surface area contributed by atoms with E-state index in [1.165, 1.54) is 16.7 Å². The van der Waals surface area contributed by atoms with Gasteiger partial charge in [0.1, 0.15) is 6.10 Å². The lowest BCUT2D eigenvalue weighted by Gasteiger charge is -2.17. The number of likely N-dealkylation sites (tertiary alicyclic amines) is 1. The van der Waals surface area contributed by atoms with Gasteiger partial charge in [0.25, 0.3) is 0 Å². The fourth-order valence-electron chi connectivity index (χ4n) is 2.88. The average molecular weight is 273 g/mol. The second-order valence-electron chi connectivity index (χ2n) is 5.76. The van der Waals surface area contributed by atoms with E-state index in [2.05, 4.69) is 31.2 Å². The molecular weight excluding hydrogens is 250 g/mol. The van der Waals surface area contributed by atoms with Gasteiger partial charge in [0.05, 0.1) is 12.7 Å². The molecule has 0 bridgehead atoms. The molecular formula is C17H23NO2. The number of hydrogen-bond donors (Lipinski definition) is 0. The number of carbonyl (C=O) groups is 1. The van der Waals surface area contributed by atoms with E-state index >= 15 is 0 Å². The summed E-state index contributed by atoms with van der Waals surface area (Å²) in [5, 5.41) is 0. The van der Waals surface area contributed by atoms with Crippen molar-refractivity contribution in [2.24, 2.45) is 0 Å². The Kier molecular flexibility index (Phi) is 3.77. The molecule has 2 aliphatic rings. The normalized spacial score (nSPS) is 21.8. The lowest BCUT2D eigenvalue weighted by molar-refractivity contribution is -0.132. The maximum atomic E-state index is 12.1. The predicted octanol–water partition coefficient (Wildman–Crippen LogP) is 3.38. The van der Waals surface area contributed by atoms with Crippen molar-refractivity contribution < 1.29 is 11.0 Å². The van der Waals surface area contributed by atoms with E-state index in [-0.39, 0.29) is 13.4 Å². The van der Waals surface area contributed by atoms with Crippen LogP contribution in [0.1, 0.15) is 38.2 Å². The number of rotatable bonds is 3. The van der Waals surface area contributed by atoms with Crippen molar-refractivity contribution in [2.75, 3.05) is 13.1 Å². The summed E-state index contributed by atoms with van der Waals surface area (Å²) in [5.74, 6) is 0.242. The molecule has 1 fully saturated rings. The van der Waals surface area contributed by atoms with Crippen molar-refractivity contribution in [1.82, 2.24) is 4.90 Å². The summed E-state index contributed by atoms with van der Waals surface area (Å²) in [6.07, 6.45) is 5.47. The lowest BCUT2D eigenvalue weighted by Crippen LogP contribution is -2.30. The van der Waals surface area contributed by atoms with Crippen LogP contribution in [-0.4, -0.2) is 30.0 Å². The van der Waals surface area contributed by atoms with Gasteiger partial charge in [-0.1, -0.05) is 29.8 Å². The topological polar surface area (TPSA) is 29.5 Å². The number of nitrogens with zero attached hydrogens (tertiary/aromatic N) is 1. The minimum absolute atomic E-state index is 0. The summed E-state index contributed by atoms with van der Waals surface area (Å²) in [6, 6.07) is 8.46. The summed E-state index contributed by atoms with van der Waals surface area (Å²) in [7, 11) is 0. The summed E-state index contributed by atoms with van der Waals surface area (Å²) < 4.78 is 5.67. The zero-order chi connectivity index (χ0) is 13.9. The second-order valence-corrected chi connectivity index (χ2v) is 5.76. The van der Waals surface area contributed by atoms with Crippen molar-refractivity contribution in [3.63, 3.8) is 0 Å². The second kappa shape index (κ2) is 5.70. The van der Waals surface area contributed by atoms with Crippen LogP contribution in [0, 0.1) is 6.92 Å². The van der Waals surface area contributed by atoms with Gasteiger partial charge in [0.2, 0.25) is 5.91 Å². The zero-order valence-electron chi connectivity index (χ0n) is 12.0. The van der Waals surface area contributed by atoms with Crippen LogP contribution in [0.3, 0.4) is 0 Å². The molecule has 20 heavy (non-hydrogen) atoms. The SMILES string of the molecule is Cc1ccc(C2=COC(CC(=O)N3CCCC3)C2)cc1.[HH]. The van der Waals surface area contributed by atoms with Gasteiger partial charge < -0.3 is 9.64 Å². The number of hydrogen-bond acceptors (Lipinski definition) is 2. The van der Waals surface area contributed by atoms with E-state index in [0.29, 0.717) is 6.42 Å². The Balaban J connectivity index is 0.00000161. The lowest BCUT2D eigenvalue weighted by atomic mass is 10.0. The van der Waals surface area contributed by atoms with Crippen molar-refractivity contribution in [3.8, 4) is 0 Å². The Hall–Kier alpha value is -1.77. The first-order valence-electron chi connectivity index (χ1n) is 7.42. The van der Waals surface area contributed by atoms with Crippen LogP contribution in [0.2, 0.25) is 0 Å². The van der Waals surface area contributed by atoms with E-state index in [0.717, 1.165) is 32.4 Å². The molecule has 3 heteroatoms. The molecule has 1 atom stereocenters. The van der Waals surface area contributed by atoms with Gasteiger partial charge in [-0.2, -0.15) is 0 Å². The van der Waals surface area contributed by atoms with Crippen LogP contribution < -0.4 is 0 Å². The predicted molar refractivity (Wildman–Crippen MR) is 81.2 cm³/mol. The number of aryl methyl sites for hydroxylation is 1. The fourth-order valence-corrected chi connectivity index (χ4v) is 2.88. The summed E-state index contributed by atoms with van der Waals surface area (Å²) >= 11 is 0. The zero-order valence-corrected chi connectivity index (χ0v) is 12.0. The van der Waals surface area contributed by atoms with E-state index in [1.54, 1.807) is 0 Å². The quantitative estimate of drug-likeness (QED) is 0.845. The molecule has 0 spiro atoms. The van der Waals surface area contributed by atoms with Crippen molar-refractivity contribution in [1.29, 1.82) is 0 Å². The molecule has 1 unspecified atom stereocenters. The molecule has 1 saturated heterocycles. The van der Waals surface area contributed by atoms with Gasteiger partial charge in [-0.05, 0) is 30.9 Å². The number of carbonyl (C=O) groups excluding carboxylic acids is 1. The molecule has 3 nitrogen and oxygen atoms in total. The van der Waals surface area contributed by atoms with Crippen LogP contribution in [0.5, 0.6) is 0 Å². The number of benzene rings is 1. The van der Waals surface area contributed by atoms with E-state index < -0.39 is 0 Å². The maximum Gasteiger partial charge on any atom is 0.226 e. The molecule has 1 amide bonds. The van der Waals surface area contributed by atoms with Gasteiger partial charge in [-0.15, -0.1) is 0 Å². The first-order chi connectivity index (χ1) is 9.72. The van der Waals surface area contributed by atoms with Crippen LogP contribution in [0.25, 0.3) is 5.57 Å². The van der Waals surface area contributed by atoms with Gasteiger partial charge in [-0.25, -0.2) is 0 Å². The third kappa shape index (κ3) is 2.87. The molecule has 3 rings (SSSR count). The molecule has 108 valence electrons. The third-order valence-corrected chi connectivity index (χ3v) is 4.13.